The molecule has 0 heterocycles. The van der Waals surface area contributed by atoms with Crippen molar-refractivity contribution in [3.63, 3.8) is 0 Å². The fourth-order valence-electron chi connectivity index (χ4n) is 7.36. The third-order valence-corrected chi connectivity index (χ3v) is 8.22. The zero-order chi connectivity index (χ0) is 16.0. The Hall–Kier alpha value is -0.630. The van der Waals surface area contributed by atoms with Gasteiger partial charge in [-0.1, -0.05) is 32.9 Å². The zero-order valence-corrected chi connectivity index (χ0v) is 14.5. The van der Waals surface area contributed by atoms with E-state index >= 15 is 0 Å². The highest BCUT2D eigenvalue weighted by molar-refractivity contribution is 5.81. The van der Waals surface area contributed by atoms with E-state index in [1.165, 1.54) is 12.8 Å². The van der Waals surface area contributed by atoms with Crippen LogP contribution in [0, 0.1) is 34.0 Å². The van der Waals surface area contributed by atoms with Gasteiger partial charge in [-0.15, -0.1) is 0 Å². The second-order valence-corrected chi connectivity index (χ2v) is 9.82. The molecular weight excluding hydrogens is 272 g/mol. The number of hydrogen-bond acceptors (Lipinski definition) is 2. The predicted molar refractivity (Wildman–Crippen MR) is 87.3 cm³/mol. The minimum absolute atomic E-state index is 0.0799. The van der Waals surface area contributed by atoms with Crippen LogP contribution in [0.1, 0.15) is 66.2 Å². The largest absolute Gasteiger partial charge is 0.390 e. The summed E-state index contributed by atoms with van der Waals surface area (Å²) < 4.78 is 0. The van der Waals surface area contributed by atoms with Crippen LogP contribution in [0.5, 0.6) is 0 Å². The Bertz CT molecular complexity index is 558. The Morgan fingerprint density at radius 1 is 1.09 bits per heavy atom. The molecule has 6 atom stereocenters. The highest BCUT2D eigenvalue weighted by Crippen LogP contribution is 2.73. The topological polar surface area (TPSA) is 37.3 Å². The van der Waals surface area contributed by atoms with Crippen molar-refractivity contribution in [2.75, 3.05) is 0 Å². The molecule has 0 aliphatic heterocycles. The summed E-state index contributed by atoms with van der Waals surface area (Å²) in [6, 6.07) is 0. The number of rotatable bonds is 0. The molecule has 1 N–H and O–H groups in total. The Labute approximate surface area is 134 Å². The summed E-state index contributed by atoms with van der Waals surface area (Å²) in [5.74, 6) is 1.91. The van der Waals surface area contributed by atoms with Gasteiger partial charge in [-0.05, 0) is 60.7 Å². The molecule has 4 rings (SSSR count). The number of ketones is 1. The van der Waals surface area contributed by atoms with Gasteiger partial charge in [0.25, 0.3) is 0 Å². The number of allylic oxidation sites excluding steroid dienone is 1. The van der Waals surface area contributed by atoms with Crippen LogP contribution in [0.15, 0.2) is 12.2 Å². The van der Waals surface area contributed by atoms with Crippen LogP contribution < -0.4 is 0 Å². The number of Topliss-reactive ketones (excluding diaryl/α,β-unsaturated/α-hetero) is 1. The number of carbonyl (C=O) groups is 1. The van der Waals surface area contributed by atoms with Crippen LogP contribution in [0.2, 0.25) is 0 Å². The van der Waals surface area contributed by atoms with E-state index < -0.39 is 5.60 Å². The molecule has 2 nitrogen and oxygen atoms in total. The number of carbonyl (C=O) groups excluding carboxylic acids is 1. The lowest BCUT2D eigenvalue weighted by Gasteiger charge is -2.66. The number of aliphatic hydroxyl groups is 1. The first kappa shape index (κ1) is 14.9. The molecule has 3 saturated carbocycles. The number of hydrogen-bond donors (Lipinski definition) is 1. The van der Waals surface area contributed by atoms with Crippen LogP contribution in [0.3, 0.4) is 0 Å². The summed E-state index contributed by atoms with van der Waals surface area (Å²) in [5.41, 5.74) is -0.207. The summed E-state index contributed by atoms with van der Waals surface area (Å²) in [5, 5.41) is 10.8. The molecule has 122 valence electrons. The molecule has 0 unspecified atom stereocenters. The van der Waals surface area contributed by atoms with Gasteiger partial charge in [0.2, 0.25) is 0 Å². The third kappa shape index (κ3) is 1.58. The molecule has 4 aliphatic carbocycles. The highest BCUT2D eigenvalue weighted by Gasteiger charge is 2.68. The van der Waals surface area contributed by atoms with Gasteiger partial charge in [0, 0.05) is 18.8 Å². The normalized spacial score (nSPS) is 55.7. The fraction of sp³-hybridized carbons (Fsp3) is 0.850. The van der Waals surface area contributed by atoms with Gasteiger partial charge in [0.05, 0.1) is 5.60 Å². The first-order valence-corrected chi connectivity index (χ1v) is 9.06. The number of fused-ring (bicyclic) bond motifs is 1. The fourth-order valence-corrected chi connectivity index (χ4v) is 7.36. The molecule has 22 heavy (non-hydrogen) atoms. The van der Waals surface area contributed by atoms with Crippen molar-refractivity contribution >= 4 is 5.78 Å². The lowest BCUT2D eigenvalue weighted by molar-refractivity contribution is -0.186. The van der Waals surface area contributed by atoms with Gasteiger partial charge in [-0.25, -0.2) is 0 Å². The maximum absolute atomic E-state index is 12.5. The average Bonchev–Trinajstić information content (AvgIpc) is 2.69. The van der Waals surface area contributed by atoms with Gasteiger partial charge in [0.15, 0.2) is 0 Å². The summed E-state index contributed by atoms with van der Waals surface area (Å²) >= 11 is 0. The van der Waals surface area contributed by atoms with E-state index in [0.29, 0.717) is 23.5 Å². The molecule has 0 radical (unpaired) electrons. The van der Waals surface area contributed by atoms with E-state index in [9.17, 15) is 9.90 Å². The highest BCUT2D eigenvalue weighted by atomic mass is 16.3. The van der Waals surface area contributed by atoms with Crippen molar-refractivity contribution in [1.82, 2.24) is 0 Å². The minimum atomic E-state index is -0.557. The smallest absolute Gasteiger partial charge is 0.134 e. The molecule has 2 heteroatoms. The molecule has 0 aromatic heterocycles. The van der Waals surface area contributed by atoms with Crippen molar-refractivity contribution in [2.45, 2.75) is 71.8 Å². The lowest BCUT2D eigenvalue weighted by Crippen LogP contribution is -2.62. The quantitative estimate of drug-likeness (QED) is 0.683. The van der Waals surface area contributed by atoms with Crippen molar-refractivity contribution < 1.29 is 9.90 Å². The monoisotopic (exact) mass is 302 g/mol. The predicted octanol–water partition coefficient (Wildman–Crippen LogP) is 4.13. The van der Waals surface area contributed by atoms with Crippen molar-refractivity contribution in [1.29, 1.82) is 0 Å². The van der Waals surface area contributed by atoms with E-state index in [4.69, 9.17) is 0 Å². The van der Waals surface area contributed by atoms with Gasteiger partial charge in [-0.2, -0.15) is 0 Å². The van der Waals surface area contributed by atoms with Gasteiger partial charge in [0.1, 0.15) is 5.78 Å². The van der Waals surface area contributed by atoms with Gasteiger partial charge >= 0.3 is 0 Å². The van der Waals surface area contributed by atoms with E-state index in [1.54, 1.807) is 0 Å². The molecule has 0 aromatic carbocycles. The molecule has 4 aliphatic rings. The molecule has 0 amide bonds. The molecule has 2 bridgehead atoms. The zero-order valence-electron chi connectivity index (χ0n) is 14.5. The summed E-state index contributed by atoms with van der Waals surface area (Å²) in [6.45, 7) is 9.02. The summed E-state index contributed by atoms with van der Waals surface area (Å²) in [7, 11) is 0. The van der Waals surface area contributed by atoms with Crippen molar-refractivity contribution in [2.24, 2.45) is 34.0 Å². The summed E-state index contributed by atoms with van der Waals surface area (Å²) in [6.07, 6.45) is 10.6. The van der Waals surface area contributed by atoms with E-state index in [0.717, 1.165) is 25.7 Å². The Kier molecular flexibility index (Phi) is 2.76. The molecular formula is C20H30O2. The van der Waals surface area contributed by atoms with Crippen LogP contribution in [-0.2, 0) is 4.79 Å². The van der Waals surface area contributed by atoms with Crippen LogP contribution in [0.25, 0.3) is 0 Å². The minimum Gasteiger partial charge on any atom is -0.390 e. The lowest BCUT2D eigenvalue weighted by atomic mass is 9.38. The SMILES string of the molecule is CC1(C)CC(=O)C[C@@]2(C)[C@H]1CC[C@H]1[C@H]3C=C[C@]12CC[C@@]3(C)O. The van der Waals surface area contributed by atoms with Crippen LogP contribution in [0.4, 0.5) is 0 Å². The van der Waals surface area contributed by atoms with Crippen molar-refractivity contribution in [3.05, 3.63) is 12.2 Å². The van der Waals surface area contributed by atoms with Crippen molar-refractivity contribution in [3.8, 4) is 0 Å². The van der Waals surface area contributed by atoms with E-state index in [-0.39, 0.29) is 16.2 Å². The molecule has 3 fully saturated rings. The van der Waals surface area contributed by atoms with Gasteiger partial charge in [-0.3, -0.25) is 4.79 Å². The standard InChI is InChI=1S/C20H30O2/c1-17(2)11-13(21)12-18(3)16(17)6-5-15-14-7-8-20(15,18)10-9-19(14,4)22/h7-8,14-16,22H,5-6,9-12H2,1-4H3/t14-,15+,16+,18+,19-,20+/m1/s1. The summed E-state index contributed by atoms with van der Waals surface area (Å²) in [4.78, 5) is 12.5. The Morgan fingerprint density at radius 2 is 1.82 bits per heavy atom. The Balaban J connectivity index is 1.83. The first-order chi connectivity index (χ1) is 10.1. The Morgan fingerprint density at radius 3 is 2.55 bits per heavy atom. The molecule has 0 saturated heterocycles. The van der Waals surface area contributed by atoms with Crippen LogP contribution in [-0.4, -0.2) is 16.5 Å². The molecule has 0 aromatic rings. The third-order valence-electron chi connectivity index (χ3n) is 8.22. The van der Waals surface area contributed by atoms with Gasteiger partial charge < -0.3 is 5.11 Å². The molecule has 0 spiro atoms. The maximum Gasteiger partial charge on any atom is 0.134 e. The second-order valence-electron chi connectivity index (χ2n) is 9.82. The maximum atomic E-state index is 12.5. The first-order valence-electron chi connectivity index (χ1n) is 9.06. The second kappa shape index (κ2) is 4.06. The van der Waals surface area contributed by atoms with E-state index in [1.807, 2.05) is 6.92 Å². The average molecular weight is 302 g/mol. The van der Waals surface area contributed by atoms with Crippen LogP contribution >= 0.6 is 0 Å². The van der Waals surface area contributed by atoms with E-state index in [2.05, 4.69) is 32.9 Å².